The number of thioether (sulfide) groups is 1. The third-order valence-electron chi connectivity index (χ3n) is 2.71. The second-order valence-electron chi connectivity index (χ2n) is 4.01. The second kappa shape index (κ2) is 5.32. The van der Waals surface area contributed by atoms with Crippen LogP contribution in [0.4, 0.5) is 0 Å². The van der Waals surface area contributed by atoms with Gasteiger partial charge in [-0.2, -0.15) is 11.8 Å². The lowest BCUT2D eigenvalue weighted by Gasteiger charge is -2.09. The molecule has 1 unspecified atom stereocenters. The summed E-state index contributed by atoms with van der Waals surface area (Å²) >= 11 is 3.90. The topological polar surface area (TPSA) is 24.9 Å². The van der Waals surface area contributed by atoms with Gasteiger partial charge >= 0.3 is 0 Å². The van der Waals surface area contributed by atoms with Crippen LogP contribution in [0, 0.1) is 13.8 Å². The molecule has 0 aromatic carbocycles. The van der Waals surface area contributed by atoms with E-state index in [9.17, 15) is 0 Å². The van der Waals surface area contributed by atoms with Crippen LogP contribution in [0.1, 0.15) is 22.0 Å². The van der Waals surface area contributed by atoms with E-state index in [1.807, 2.05) is 11.3 Å². The minimum Gasteiger partial charge on any atom is -0.313 e. The van der Waals surface area contributed by atoms with Gasteiger partial charge in [0.25, 0.3) is 0 Å². The zero-order chi connectivity index (χ0) is 10.7. The molecule has 1 N–H and O–H groups in total. The van der Waals surface area contributed by atoms with Crippen LogP contribution in [0.5, 0.6) is 0 Å². The fourth-order valence-corrected chi connectivity index (χ4v) is 4.01. The Morgan fingerprint density at radius 3 is 2.93 bits per heavy atom. The lowest BCUT2D eigenvalue weighted by atomic mass is 10.2. The van der Waals surface area contributed by atoms with Crippen LogP contribution < -0.4 is 5.32 Å². The zero-order valence-corrected chi connectivity index (χ0v) is 11.0. The molecule has 1 aliphatic heterocycles. The van der Waals surface area contributed by atoms with Gasteiger partial charge in [0.1, 0.15) is 0 Å². The monoisotopic (exact) mass is 242 g/mol. The van der Waals surface area contributed by atoms with Gasteiger partial charge in [0.15, 0.2) is 0 Å². The predicted octanol–water partition coefficient (Wildman–Crippen LogP) is 2.40. The molecule has 2 rings (SSSR count). The van der Waals surface area contributed by atoms with Gasteiger partial charge in [-0.25, -0.2) is 4.98 Å². The third-order valence-corrected chi connectivity index (χ3v) is 5.01. The van der Waals surface area contributed by atoms with E-state index in [0.717, 1.165) is 19.0 Å². The summed E-state index contributed by atoms with van der Waals surface area (Å²) in [5, 5.41) is 4.82. The van der Waals surface area contributed by atoms with E-state index >= 15 is 0 Å². The van der Waals surface area contributed by atoms with Crippen molar-refractivity contribution in [2.45, 2.75) is 32.7 Å². The molecular weight excluding hydrogens is 224 g/mol. The first-order valence-corrected chi connectivity index (χ1v) is 7.47. The van der Waals surface area contributed by atoms with Crippen molar-refractivity contribution in [3.05, 3.63) is 15.6 Å². The smallest absolute Gasteiger partial charge is 0.0900 e. The van der Waals surface area contributed by atoms with Crippen molar-refractivity contribution in [1.82, 2.24) is 10.3 Å². The molecule has 1 fully saturated rings. The molecule has 0 spiro atoms. The standard InChI is InChI=1S/C11H18N2S2/c1-8-11(15-9(2)13-8)3-5-12-10-4-6-14-7-10/h10,12H,3-7H2,1-2H3. The van der Waals surface area contributed by atoms with E-state index < -0.39 is 0 Å². The van der Waals surface area contributed by atoms with Crippen molar-refractivity contribution in [2.24, 2.45) is 0 Å². The molecule has 15 heavy (non-hydrogen) atoms. The predicted molar refractivity (Wildman–Crippen MR) is 69.0 cm³/mol. The molecule has 0 radical (unpaired) electrons. The highest BCUT2D eigenvalue weighted by molar-refractivity contribution is 7.99. The molecule has 2 heterocycles. The normalized spacial score (nSPS) is 21.1. The summed E-state index contributed by atoms with van der Waals surface area (Å²) < 4.78 is 0. The van der Waals surface area contributed by atoms with Gasteiger partial charge in [-0.05, 0) is 32.4 Å². The molecule has 0 aliphatic carbocycles. The fraction of sp³-hybridized carbons (Fsp3) is 0.727. The average Bonchev–Trinajstić information content (AvgIpc) is 2.77. The Balaban J connectivity index is 1.75. The Hall–Kier alpha value is -0.0600. The van der Waals surface area contributed by atoms with Gasteiger partial charge in [-0.15, -0.1) is 11.3 Å². The maximum Gasteiger partial charge on any atom is 0.0900 e. The van der Waals surface area contributed by atoms with Crippen molar-refractivity contribution in [2.75, 3.05) is 18.1 Å². The van der Waals surface area contributed by atoms with E-state index in [4.69, 9.17) is 0 Å². The van der Waals surface area contributed by atoms with Crippen LogP contribution in [0.3, 0.4) is 0 Å². The van der Waals surface area contributed by atoms with Gasteiger partial charge in [-0.1, -0.05) is 0 Å². The first-order valence-electron chi connectivity index (χ1n) is 5.50. The molecule has 1 aromatic heterocycles. The number of aromatic nitrogens is 1. The van der Waals surface area contributed by atoms with Crippen molar-refractivity contribution < 1.29 is 0 Å². The van der Waals surface area contributed by atoms with Gasteiger partial charge in [-0.3, -0.25) is 0 Å². The van der Waals surface area contributed by atoms with Crippen molar-refractivity contribution in [3.8, 4) is 0 Å². The summed E-state index contributed by atoms with van der Waals surface area (Å²) in [7, 11) is 0. The van der Waals surface area contributed by atoms with Crippen LogP contribution in [0.25, 0.3) is 0 Å². The van der Waals surface area contributed by atoms with E-state index in [-0.39, 0.29) is 0 Å². The summed E-state index contributed by atoms with van der Waals surface area (Å²) in [4.78, 5) is 5.90. The number of nitrogens with zero attached hydrogens (tertiary/aromatic N) is 1. The van der Waals surface area contributed by atoms with Crippen LogP contribution in [-0.2, 0) is 6.42 Å². The molecule has 1 saturated heterocycles. The zero-order valence-electron chi connectivity index (χ0n) is 9.38. The minimum atomic E-state index is 0.754. The summed E-state index contributed by atoms with van der Waals surface area (Å²) in [6.07, 6.45) is 2.48. The maximum absolute atomic E-state index is 4.45. The Kier molecular flexibility index (Phi) is 4.05. The van der Waals surface area contributed by atoms with Crippen molar-refractivity contribution in [1.29, 1.82) is 0 Å². The summed E-state index contributed by atoms with van der Waals surface area (Å²) in [6.45, 7) is 5.31. The van der Waals surface area contributed by atoms with Gasteiger partial charge in [0, 0.05) is 23.2 Å². The molecule has 0 bridgehead atoms. The first kappa shape index (κ1) is 11.4. The minimum absolute atomic E-state index is 0.754. The van der Waals surface area contributed by atoms with Crippen molar-refractivity contribution in [3.63, 3.8) is 0 Å². The van der Waals surface area contributed by atoms with Crippen LogP contribution in [0.2, 0.25) is 0 Å². The number of nitrogens with one attached hydrogen (secondary N) is 1. The number of aryl methyl sites for hydroxylation is 2. The molecule has 84 valence electrons. The number of hydrogen-bond donors (Lipinski definition) is 1. The Morgan fingerprint density at radius 2 is 2.33 bits per heavy atom. The number of thiazole rings is 1. The quantitative estimate of drug-likeness (QED) is 0.877. The molecule has 2 nitrogen and oxygen atoms in total. The largest absolute Gasteiger partial charge is 0.313 e. The molecule has 4 heteroatoms. The van der Waals surface area contributed by atoms with Gasteiger partial charge in [0.2, 0.25) is 0 Å². The molecule has 0 saturated carbocycles. The lowest BCUT2D eigenvalue weighted by Crippen LogP contribution is -2.30. The van der Waals surface area contributed by atoms with E-state index in [1.165, 1.54) is 33.5 Å². The first-order chi connectivity index (χ1) is 7.25. The maximum atomic E-state index is 4.45. The highest BCUT2D eigenvalue weighted by atomic mass is 32.2. The van der Waals surface area contributed by atoms with E-state index in [0.29, 0.717) is 0 Å². The Morgan fingerprint density at radius 1 is 1.47 bits per heavy atom. The third kappa shape index (κ3) is 3.20. The Bertz CT molecular complexity index is 316. The number of rotatable bonds is 4. The lowest BCUT2D eigenvalue weighted by molar-refractivity contribution is 0.561. The van der Waals surface area contributed by atoms with Crippen LogP contribution in [0.15, 0.2) is 0 Å². The fourth-order valence-electron chi connectivity index (χ4n) is 1.89. The van der Waals surface area contributed by atoms with Crippen LogP contribution >= 0.6 is 23.1 Å². The van der Waals surface area contributed by atoms with E-state index in [1.54, 1.807) is 0 Å². The van der Waals surface area contributed by atoms with Gasteiger partial charge < -0.3 is 5.32 Å². The highest BCUT2D eigenvalue weighted by Gasteiger charge is 2.14. The summed E-state index contributed by atoms with van der Waals surface area (Å²) in [5.74, 6) is 2.62. The molecule has 1 atom stereocenters. The van der Waals surface area contributed by atoms with Crippen LogP contribution in [-0.4, -0.2) is 29.1 Å². The molecular formula is C11H18N2S2. The summed E-state index contributed by atoms with van der Waals surface area (Å²) in [5.41, 5.74) is 1.22. The summed E-state index contributed by atoms with van der Waals surface area (Å²) in [6, 6.07) is 0.754. The van der Waals surface area contributed by atoms with E-state index in [2.05, 4.69) is 35.9 Å². The van der Waals surface area contributed by atoms with Crippen molar-refractivity contribution >= 4 is 23.1 Å². The molecule has 1 aliphatic rings. The molecule has 1 aromatic rings. The average molecular weight is 242 g/mol. The SMILES string of the molecule is Cc1nc(C)c(CCNC2CCSC2)s1. The van der Waals surface area contributed by atoms with Gasteiger partial charge in [0.05, 0.1) is 10.7 Å². The second-order valence-corrected chi connectivity index (χ2v) is 6.44. The Labute approximate surface area is 99.9 Å². The number of hydrogen-bond acceptors (Lipinski definition) is 4. The highest BCUT2D eigenvalue weighted by Crippen LogP contribution is 2.19. The molecule has 0 amide bonds.